The van der Waals surface area contributed by atoms with E-state index in [9.17, 15) is 4.79 Å². The molecule has 0 spiro atoms. The highest BCUT2D eigenvalue weighted by Crippen LogP contribution is 2.05. The summed E-state index contributed by atoms with van der Waals surface area (Å²) in [5.41, 5.74) is 3.27. The Kier molecular flexibility index (Phi) is 5.02. The number of hydrazone groups is 1. The molecule has 2 aromatic rings. The van der Waals surface area contributed by atoms with Gasteiger partial charge in [0.05, 0.1) is 18.9 Å². The maximum Gasteiger partial charge on any atom is 0.251 e. The summed E-state index contributed by atoms with van der Waals surface area (Å²) in [6.45, 7) is 0.300. The Morgan fingerprint density at radius 3 is 2.85 bits per heavy atom. The van der Waals surface area contributed by atoms with Crippen molar-refractivity contribution in [2.24, 2.45) is 5.10 Å². The van der Waals surface area contributed by atoms with E-state index in [1.165, 1.54) is 18.6 Å². The molecule has 1 aromatic carbocycles. The van der Waals surface area contributed by atoms with E-state index >= 15 is 0 Å². The molecule has 7 heteroatoms. The van der Waals surface area contributed by atoms with Crippen molar-refractivity contribution in [3.8, 4) is 0 Å². The van der Waals surface area contributed by atoms with Crippen molar-refractivity contribution in [3.63, 3.8) is 0 Å². The Balaban J connectivity index is 1.76. The van der Waals surface area contributed by atoms with E-state index in [1.54, 1.807) is 12.1 Å². The fourth-order valence-electron chi connectivity index (χ4n) is 1.38. The van der Waals surface area contributed by atoms with Gasteiger partial charge in [-0.25, -0.2) is 4.98 Å². The van der Waals surface area contributed by atoms with Gasteiger partial charge in [-0.2, -0.15) is 5.10 Å². The first-order chi connectivity index (χ1) is 9.75. The standard InChI is InChI=1S/C13H12ClN5O/c14-11-8-15-9-12(18-11)19-17-7-6-16-13(20)10-4-2-1-3-5-10/h1-5,7-9H,6H2,(H,16,20)(H,18,19)/b17-7+. The molecular formula is C13H12ClN5O. The molecule has 1 aromatic heterocycles. The maximum atomic E-state index is 11.7. The number of hydrogen-bond acceptors (Lipinski definition) is 5. The van der Waals surface area contributed by atoms with Gasteiger partial charge in [0.15, 0.2) is 5.82 Å². The van der Waals surface area contributed by atoms with Crippen LogP contribution in [0.3, 0.4) is 0 Å². The van der Waals surface area contributed by atoms with Crippen molar-refractivity contribution < 1.29 is 4.79 Å². The molecule has 0 aliphatic carbocycles. The van der Waals surface area contributed by atoms with E-state index < -0.39 is 0 Å². The van der Waals surface area contributed by atoms with Gasteiger partial charge < -0.3 is 5.32 Å². The molecule has 0 radical (unpaired) electrons. The molecule has 6 nitrogen and oxygen atoms in total. The first-order valence-electron chi connectivity index (χ1n) is 5.84. The number of nitrogens with zero attached hydrogens (tertiary/aromatic N) is 3. The first-order valence-corrected chi connectivity index (χ1v) is 6.22. The van der Waals surface area contributed by atoms with Crippen LogP contribution in [0.1, 0.15) is 10.4 Å². The van der Waals surface area contributed by atoms with Crippen molar-refractivity contribution >= 4 is 29.5 Å². The van der Waals surface area contributed by atoms with E-state index in [2.05, 4.69) is 25.8 Å². The van der Waals surface area contributed by atoms with Crippen molar-refractivity contribution in [3.05, 3.63) is 53.4 Å². The summed E-state index contributed by atoms with van der Waals surface area (Å²) in [6.07, 6.45) is 4.44. The van der Waals surface area contributed by atoms with Gasteiger partial charge in [0, 0.05) is 11.8 Å². The third-order valence-electron chi connectivity index (χ3n) is 2.27. The highest BCUT2D eigenvalue weighted by atomic mass is 35.5. The molecule has 102 valence electrons. The van der Waals surface area contributed by atoms with Gasteiger partial charge in [-0.05, 0) is 12.1 Å². The quantitative estimate of drug-likeness (QED) is 0.651. The van der Waals surface area contributed by atoms with Crippen LogP contribution in [0.5, 0.6) is 0 Å². The van der Waals surface area contributed by atoms with Crippen molar-refractivity contribution in [2.75, 3.05) is 12.0 Å². The Morgan fingerprint density at radius 2 is 2.10 bits per heavy atom. The Bertz CT molecular complexity index is 603. The predicted octanol–water partition coefficient (Wildman–Crippen LogP) is 1.96. The topological polar surface area (TPSA) is 79.3 Å². The number of carbonyl (C=O) groups excluding carboxylic acids is 1. The molecule has 0 unspecified atom stereocenters. The van der Waals surface area contributed by atoms with E-state index in [0.717, 1.165) is 0 Å². The second kappa shape index (κ2) is 7.20. The Hall–Kier alpha value is -2.47. The number of rotatable bonds is 5. The lowest BCUT2D eigenvalue weighted by molar-refractivity contribution is 0.0959. The van der Waals surface area contributed by atoms with Crippen molar-refractivity contribution in [1.29, 1.82) is 0 Å². The summed E-state index contributed by atoms with van der Waals surface area (Å²) in [5.74, 6) is 0.280. The zero-order valence-electron chi connectivity index (χ0n) is 10.5. The van der Waals surface area contributed by atoms with E-state index in [-0.39, 0.29) is 11.1 Å². The second-order valence-corrected chi connectivity index (χ2v) is 4.11. The number of amides is 1. The lowest BCUT2D eigenvalue weighted by atomic mass is 10.2. The number of carbonyl (C=O) groups is 1. The minimum absolute atomic E-state index is 0.153. The Labute approximate surface area is 120 Å². The summed E-state index contributed by atoms with van der Waals surface area (Å²) < 4.78 is 0. The van der Waals surface area contributed by atoms with Gasteiger partial charge in [-0.15, -0.1) is 0 Å². The minimum Gasteiger partial charge on any atom is -0.347 e. The molecule has 0 aliphatic rings. The zero-order chi connectivity index (χ0) is 14.2. The lowest BCUT2D eigenvalue weighted by Gasteiger charge is -2.01. The van der Waals surface area contributed by atoms with Crippen LogP contribution < -0.4 is 10.7 Å². The summed E-state index contributed by atoms with van der Waals surface area (Å²) in [5, 5.41) is 6.88. The number of aromatic nitrogens is 2. The molecule has 2 rings (SSSR count). The third-order valence-corrected chi connectivity index (χ3v) is 2.45. The predicted molar refractivity (Wildman–Crippen MR) is 77.9 cm³/mol. The van der Waals surface area contributed by atoms with Crippen LogP contribution in [-0.4, -0.2) is 28.6 Å². The van der Waals surface area contributed by atoms with E-state index in [0.29, 0.717) is 17.9 Å². The highest BCUT2D eigenvalue weighted by Gasteiger charge is 2.01. The average molecular weight is 290 g/mol. The molecule has 2 N–H and O–H groups in total. The molecular weight excluding hydrogens is 278 g/mol. The van der Waals surface area contributed by atoms with Gasteiger partial charge in [-0.1, -0.05) is 29.8 Å². The number of hydrogen-bond donors (Lipinski definition) is 2. The van der Waals surface area contributed by atoms with Crippen LogP contribution in [0.25, 0.3) is 0 Å². The van der Waals surface area contributed by atoms with Gasteiger partial charge >= 0.3 is 0 Å². The van der Waals surface area contributed by atoms with Crippen LogP contribution in [0.2, 0.25) is 5.15 Å². The Morgan fingerprint density at radius 1 is 1.30 bits per heavy atom. The van der Waals surface area contributed by atoms with Gasteiger partial charge in [0.1, 0.15) is 5.15 Å². The lowest BCUT2D eigenvalue weighted by Crippen LogP contribution is -2.25. The first kappa shape index (κ1) is 14.0. The fourth-order valence-corrected chi connectivity index (χ4v) is 1.53. The SMILES string of the molecule is O=C(NC/C=N/Nc1cncc(Cl)n1)c1ccccc1. The summed E-state index contributed by atoms with van der Waals surface area (Å²) >= 11 is 5.67. The second-order valence-electron chi connectivity index (χ2n) is 3.73. The van der Waals surface area contributed by atoms with Crippen molar-refractivity contribution in [2.45, 2.75) is 0 Å². The van der Waals surface area contributed by atoms with Crippen LogP contribution in [-0.2, 0) is 0 Å². The van der Waals surface area contributed by atoms with Crippen LogP contribution in [0.15, 0.2) is 47.8 Å². The van der Waals surface area contributed by atoms with Gasteiger partial charge in [0.25, 0.3) is 5.91 Å². The fraction of sp³-hybridized carbons (Fsp3) is 0.0769. The summed E-state index contributed by atoms with van der Waals surface area (Å²) in [6, 6.07) is 8.96. The molecule has 20 heavy (non-hydrogen) atoms. The van der Waals surface area contributed by atoms with Crippen molar-refractivity contribution in [1.82, 2.24) is 15.3 Å². The maximum absolute atomic E-state index is 11.7. The number of benzene rings is 1. The average Bonchev–Trinajstić information content (AvgIpc) is 2.48. The number of anilines is 1. The molecule has 0 fully saturated rings. The van der Waals surface area contributed by atoms with E-state index in [1.807, 2.05) is 18.2 Å². The minimum atomic E-state index is -0.153. The molecule has 0 aliphatic heterocycles. The normalized spacial score (nSPS) is 10.4. The summed E-state index contributed by atoms with van der Waals surface area (Å²) in [4.78, 5) is 19.5. The molecule has 0 saturated heterocycles. The highest BCUT2D eigenvalue weighted by molar-refractivity contribution is 6.29. The molecule has 0 saturated carbocycles. The summed E-state index contributed by atoms with van der Waals surface area (Å²) in [7, 11) is 0. The monoisotopic (exact) mass is 289 g/mol. The largest absolute Gasteiger partial charge is 0.347 e. The van der Waals surface area contributed by atoms with Crippen LogP contribution in [0, 0.1) is 0 Å². The van der Waals surface area contributed by atoms with Gasteiger partial charge in [0.2, 0.25) is 0 Å². The molecule has 0 atom stereocenters. The smallest absolute Gasteiger partial charge is 0.251 e. The molecule has 1 amide bonds. The third kappa shape index (κ3) is 4.33. The molecule has 1 heterocycles. The van der Waals surface area contributed by atoms with Gasteiger partial charge in [-0.3, -0.25) is 15.2 Å². The van der Waals surface area contributed by atoms with Crippen LogP contribution in [0.4, 0.5) is 5.82 Å². The zero-order valence-corrected chi connectivity index (χ0v) is 11.2. The van der Waals surface area contributed by atoms with E-state index in [4.69, 9.17) is 11.6 Å². The number of halogens is 1. The number of nitrogens with one attached hydrogen (secondary N) is 2. The molecule has 0 bridgehead atoms. The van der Waals surface area contributed by atoms with Crippen LogP contribution >= 0.6 is 11.6 Å².